The van der Waals surface area contributed by atoms with Gasteiger partial charge in [-0.05, 0) is 61.0 Å². The van der Waals surface area contributed by atoms with Crippen LogP contribution in [-0.4, -0.2) is 51.2 Å². The van der Waals surface area contributed by atoms with Crippen LogP contribution in [0.5, 0.6) is 0 Å². The van der Waals surface area contributed by atoms with Gasteiger partial charge in [0.1, 0.15) is 0 Å². The fourth-order valence-electron chi connectivity index (χ4n) is 4.10. The number of thioether (sulfide) groups is 1. The number of hydrogen-bond donors (Lipinski definition) is 3. The van der Waals surface area contributed by atoms with Crippen molar-refractivity contribution < 1.29 is 9.90 Å². The van der Waals surface area contributed by atoms with Gasteiger partial charge >= 0.3 is 0 Å². The second-order valence-electron chi connectivity index (χ2n) is 8.29. The molecule has 3 aromatic rings. The number of hydrogen-bond acceptors (Lipinski definition) is 9. The maximum absolute atomic E-state index is 11.8. The Balaban J connectivity index is 1.11. The molecule has 0 aromatic carbocycles. The minimum absolute atomic E-state index is 0.278. The highest BCUT2D eigenvalue weighted by Crippen LogP contribution is 2.28. The van der Waals surface area contributed by atoms with Crippen molar-refractivity contribution in [3.63, 3.8) is 0 Å². The van der Waals surface area contributed by atoms with Gasteiger partial charge < -0.3 is 20.6 Å². The molecule has 5 rings (SSSR count). The van der Waals surface area contributed by atoms with Gasteiger partial charge in [0, 0.05) is 25.8 Å². The predicted molar refractivity (Wildman–Crippen MR) is 136 cm³/mol. The maximum Gasteiger partial charge on any atom is 0.260 e. The lowest BCUT2D eigenvalue weighted by Gasteiger charge is -2.32. The molecule has 1 unspecified atom stereocenters. The third-order valence-corrected chi connectivity index (χ3v) is 7.67. The second kappa shape index (κ2) is 10.6. The standard InChI is InChI=1S/C24H26N6O2S2/c31-22-21(34-24(32)29-22)13-17-6-9-26-23(28-17)30-10-7-16(8-11-30)14-25-15-18-3-1-4-19(27-18)20-5-2-12-33-20/h1-6,9,12-13,16,24-25,32H,7-8,10-11,14-15H2,(H,29,31)/b21-13-. The van der Waals surface area contributed by atoms with E-state index in [1.165, 1.54) is 4.88 Å². The number of piperidine rings is 1. The minimum atomic E-state index is -0.895. The molecule has 2 aliphatic heterocycles. The molecule has 0 radical (unpaired) electrons. The van der Waals surface area contributed by atoms with Gasteiger partial charge in [-0.25, -0.2) is 9.97 Å². The van der Waals surface area contributed by atoms with Crippen LogP contribution >= 0.6 is 23.1 Å². The molecule has 0 spiro atoms. The normalized spacial score (nSPS) is 20.1. The fraction of sp³-hybridized carbons (Fsp3) is 0.333. The third-order valence-electron chi connectivity index (χ3n) is 5.88. The molecule has 0 bridgehead atoms. The summed E-state index contributed by atoms with van der Waals surface area (Å²) in [6.07, 6.45) is 5.54. The monoisotopic (exact) mass is 494 g/mol. The number of thiophene rings is 1. The minimum Gasteiger partial charge on any atom is -0.364 e. The largest absolute Gasteiger partial charge is 0.364 e. The van der Waals surface area contributed by atoms with Crippen LogP contribution in [0.4, 0.5) is 5.95 Å². The summed E-state index contributed by atoms with van der Waals surface area (Å²) >= 11 is 2.80. The van der Waals surface area contributed by atoms with Gasteiger partial charge in [-0.1, -0.05) is 23.9 Å². The van der Waals surface area contributed by atoms with Crippen molar-refractivity contribution in [2.75, 3.05) is 24.5 Å². The Morgan fingerprint density at radius 1 is 1.18 bits per heavy atom. The number of pyridine rings is 1. The van der Waals surface area contributed by atoms with Gasteiger partial charge in [0.25, 0.3) is 5.91 Å². The molecule has 0 saturated carbocycles. The lowest BCUT2D eigenvalue weighted by atomic mass is 9.97. The Kier molecular flexibility index (Phi) is 7.19. The van der Waals surface area contributed by atoms with Crippen molar-refractivity contribution in [3.05, 3.63) is 64.3 Å². The zero-order valence-electron chi connectivity index (χ0n) is 18.6. The van der Waals surface area contributed by atoms with Gasteiger partial charge in [-0.3, -0.25) is 9.78 Å². The van der Waals surface area contributed by atoms with Crippen molar-refractivity contribution in [3.8, 4) is 10.6 Å². The van der Waals surface area contributed by atoms with Gasteiger partial charge in [-0.2, -0.15) is 0 Å². The number of nitrogens with one attached hydrogen (secondary N) is 2. The van der Waals surface area contributed by atoms with E-state index >= 15 is 0 Å². The third kappa shape index (κ3) is 5.64. The van der Waals surface area contributed by atoms with Crippen LogP contribution in [0, 0.1) is 5.92 Å². The number of amides is 1. The number of nitrogens with zero attached hydrogens (tertiary/aromatic N) is 4. The van der Waals surface area contributed by atoms with E-state index in [0.717, 1.165) is 62.2 Å². The van der Waals surface area contributed by atoms with Crippen LogP contribution in [0.15, 0.2) is 52.9 Å². The summed E-state index contributed by atoms with van der Waals surface area (Å²) in [6, 6.07) is 12.1. The van der Waals surface area contributed by atoms with Gasteiger partial charge in [-0.15, -0.1) is 11.3 Å². The SMILES string of the molecule is O=C1NC(O)S/C1=C\c1ccnc(N2CCC(CNCc3cccc(-c4cccs4)n3)CC2)n1. The molecular formula is C24H26N6O2S2. The van der Waals surface area contributed by atoms with Crippen molar-refractivity contribution in [1.82, 2.24) is 25.6 Å². The number of rotatable bonds is 7. The molecule has 2 saturated heterocycles. The summed E-state index contributed by atoms with van der Waals surface area (Å²) in [5.74, 6) is 1.00. The van der Waals surface area contributed by atoms with Crippen LogP contribution in [0.2, 0.25) is 0 Å². The highest BCUT2D eigenvalue weighted by Gasteiger charge is 2.25. The number of carbonyl (C=O) groups excluding carboxylic acids is 1. The Morgan fingerprint density at radius 3 is 2.82 bits per heavy atom. The van der Waals surface area contributed by atoms with E-state index < -0.39 is 5.56 Å². The first-order chi connectivity index (χ1) is 16.6. The molecular weight excluding hydrogens is 468 g/mol. The van der Waals surface area contributed by atoms with Crippen LogP contribution < -0.4 is 15.5 Å². The van der Waals surface area contributed by atoms with Crippen molar-refractivity contribution in [2.24, 2.45) is 5.92 Å². The number of aliphatic hydroxyl groups is 1. The molecule has 176 valence electrons. The zero-order chi connectivity index (χ0) is 23.3. The van der Waals surface area contributed by atoms with Crippen LogP contribution in [0.1, 0.15) is 24.2 Å². The summed E-state index contributed by atoms with van der Waals surface area (Å²) in [4.78, 5) is 29.5. The molecule has 0 aliphatic carbocycles. The molecule has 10 heteroatoms. The van der Waals surface area contributed by atoms with Crippen LogP contribution in [0.25, 0.3) is 16.6 Å². The average molecular weight is 495 g/mol. The van der Waals surface area contributed by atoms with E-state index in [0.29, 0.717) is 22.5 Å². The predicted octanol–water partition coefficient (Wildman–Crippen LogP) is 3.09. The number of anilines is 1. The molecule has 8 nitrogen and oxygen atoms in total. The summed E-state index contributed by atoms with van der Waals surface area (Å²) in [7, 11) is 0. The topological polar surface area (TPSA) is 103 Å². The second-order valence-corrected chi connectivity index (χ2v) is 10.4. The maximum atomic E-state index is 11.8. The first kappa shape index (κ1) is 23.0. The summed E-state index contributed by atoms with van der Waals surface area (Å²) in [6.45, 7) is 3.51. The van der Waals surface area contributed by atoms with Crippen LogP contribution in [-0.2, 0) is 11.3 Å². The Hall–Kier alpha value is -2.79. The van der Waals surface area contributed by atoms with Gasteiger partial charge in [0.15, 0.2) is 5.56 Å². The highest BCUT2D eigenvalue weighted by molar-refractivity contribution is 8.05. The van der Waals surface area contributed by atoms with Gasteiger partial charge in [0.2, 0.25) is 5.95 Å². The van der Waals surface area contributed by atoms with Crippen molar-refractivity contribution in [1.29, 1.82) is 0 Å². The molecule has 2 aliphatic rings. The van der Waals surface area contributed by atoms with E-state index in [9.17, 15) is 9.90 Å². The van der Waals surface area contributed by atoms with E-state index in [1.54, 1.807) is 29.7 Å². The number of carbonyl (C=O) groups is 1. The highest BCUT2D eigenvalue weighted by atomic mass is 32.2. The average Bonchev–Trinajstić information content (AvgIpc) is 3.50. The Labute approximate surface area is 206 Å². The smallest absolute Gasteiger partial charge is 0.260 e. The van der Waals surface area contributed by atoms with E-state index in [1.807, 2.05) is 0 Å². The van der Waals surface area contributed by atoms with E-state index in [4.69, 9.17) is 4.98 Å². The Morgan fingerprint density at radius 2 is 2.06 bits per heavy atom. The van der Waals surface area contributed by atoms with Gasteiger partial charge in [0.05, 0.1) is 26.9 Å². The lowest BCUT2D eigenvalue weighted by Crippen LogP contribution is -2.38. The van der Waals surface area contributed by atoms with E-state index in [-0.39, 0.29) is 5.91 Å². The molecule has 1 amide bonds. The summed E-state index contributed by atoms with van der Waals surface area (Å²) in [5, 5.41) is 17.7. The van der Waals surface area contributed by atoms with Crippen molar-refractivity contribution >= 4 is 41.0 Å². The molecule has 3 N–H and O–H groups in total. The number of aliphatic hydroxyl groups excluding tert-OH is 1. The number of aromatic nitrogens is 3. The molecule has 1 atom stereocenters. The zero-order valence-corrected chi connectivity index (χ0v) is 20.2. The first-order valence-electron chi connectivity index (χ1n) is 11.3. The van der Waals surface area contributed by atoms with E-state index in [2.05, 4.69) is 61.2 Å². The molecule has 3 aromatic heterocycles. The summed E-state index contributed by atoms with van der Waals surface area (Å²) < 4.78 is 0. The first-order valence-corrected chi connectivity index (χ1v) is 13.1. The molecule has 2 fully saturated rings. The van der Waals surface area contributed by atoms with Crippen LogP contribution in [0.3, 0.4) is 0 Å². The summed E-state index contributed by atoms with van der Waals surface area (Å²) in [5.41, 5.74) is 1.86. The molecule has 34 heavy (non-hydrogen) atoms. The van der Waals surface area contributed by atoms with Crippen molar-refractivity contribution in [2.45, 2.75) is 24.9 Å². The molecule has 5 heterocycles. The fourth-order valence-corrected chi connectivity index (χ4v) is 5.55. The quantitative estimate of drug-likeness (QED) is 0.431. The Bertz CT molecular complexity index is 1160. The lowest BCUT2D eigenvalue weighted by molar-refractivity contribution is -0.117.